The molecule has 6 nitrogen and oxygen atoms in total. The van der Waals surface area contributed by atoms with E-state index in [9.17, 15) is 4.79 Å². The van der Waals surface area contributed by atoms with Crippen molar-refractivity contribution >= 4 is 23.4 Å². The molecule has 0 fully saturated rings. The van der Waals surface area contributed by atoms with Crippen LogP contribution in [0.15, 0.2) is 53.7 Å². The number of hydrogen-bond acceptors (Lipinski definition) is 5. The number of hydrogen-bond donors (Lipinski definition) is 1. The second-order valence-electron chi connectivity index (χ2n) is 7.34. The maximum Gasteiger partial charge on any atom is 0.221 e. The second-order valence-corrected chi connectivity index (χ2v) is 8.28. The smallest absolute Gasteiger partial charge is 0.221 e. The number of nitrogens with one attached hydrogen (secondary N) is 1. The number of nitrogens with zero attached hydrogens (tertiary/aromatic N) is 4. The van der Waals surface area contributed by atoms with Crippen LogP contribution in [0.5, 0.6) is 0 Å². The summed E-state index contributed by atoms with van der Waals surface area (Å²) < 4.78 is 1.68. The molecule has 1 N–H and O–H groups in total. The minimum Gasteiger partial charge on any atom is -0.326 e. The lowest BCUT2D eigenvalue weighted by atomic mass is 9.87. The van der Waals surface area contributed by atoms with Gasteiger partial charge in [-0.25, -0.2) is 0 Å². The molecule has 0 bridgehead atoms. The predicted molar refractivity (Wildman–Crippen MR) is 108 cm³/mol. The first-order valence-corrected chi connectivity index (χ1v) is 9.70. The molecule has 1 heterocycles. The standard InChI is InChI=1S/C20H23N5OS/c1-14(26)21-17-6-5-7-18(12-17)25-19(22-23-24-25)27-13-15-8-10-16(11-9-15)20(2,3)4/h5-12H,13H2,1-4H3,(H,21,26). The van der Waals surface area contributed by atoms with Crippen molar-refractivity contribution in [1.82, 2.24) is 20.2 Å². The highest BCUT2D eigenvalue weighted by molar-refractivity contribution is 7.98. The summed E-state index contributed by atoms with van der Waals surface area (Å²) in [6.07, 6.45) is 0. The Labute approximate surface area is 163 Å². The Morgan fingerprint density at radius 2 is 1.89 bits per heavy atom. The summed E-state index contributed by atoms with van der Waals surface area (Å²) in [7, 11) is 0. The van der Waals surface area contributed by atoms with E-state index in [0.29, 0.717) is 10.8 Å². The lowest BCUT2D eigenvalue weighted by Gasteiger charge is -2.19. The van der Waals surface area contributed by atoms with E-state index in [1.807, 2.05) is 24.3 Å². The number of thioether (sulfide) groups is 1. The van der Waals surface area contributed by atoms with Gasteiger partial charge in [-0.1, -0.05) is 62.9 Å². The van der Waals surface area contributed by atoms with Crippen LogP contribution in [0.1, 0.15) is 38.8 Å². The Kier molecular flexibility index (Phi) is 5.60. The molecule has 3 rings (SSSR count). The van der Waals surface area contributed by atoms with Crippen molar-refractivity contribution in [2.45, 2.75) is 44.0 Å². The van der Waals surface area contributed by atoms with Crippen molar-refractivity contribution in [3.63, 3.8) is 0 Å². The fourth-order valence-electron chi connectivity index (χ4n) is 2.60. The summed E-state index contributed by atoms with van der Waals surface area (Å²) >= 11 is 1.57. The first-order chi connectivity index (χ1) is 12.8. The summed E-state index contributed by atoms with van der Waals surface area (Å²) in [4.78, 5) is 11.3. The van der Waals surface area contributed by atoms with E-state index >= 15 is 0 Å². The van der Waals surface area contributed by atoms with Crippen molar-refractivity contribution in [2.24, 2.45) is 0 Å². The van der Waals surface area contributed by atoms with E-state index in [1.54, 1.807) is 16.4 Å². The molecule has 1 amide bonds. The Morgan fingerprint density at radius 1 is 1.15 bits per heavy atom. The fraction of sp³-hybridized carbons (Fsp3) is 0.300. The summed E-state index contributed by atoms with van der Waals surface area (Å²) in [5.41, 5.74) is 4.20. The van der Waals surface area contributed by atoms with Crippen molar-refractivity contribution in [3.05, 3.63) is 59.7 Å². The molecule has 0 saturated heterocycles. The molecule has 0 radical (unpaired) electrons. The van der Waals surface area contributed by atoms with Gasteiger partial charge in [0.15, 0.2) is 0 Å². The van der Waals surface area contributed by atoms with Gasteiger partial charge in [-0.2, -0.15) is 4.68 Å². The molecule has 3 aromatic rings. The topological polar surface area (TPSA) is 72.7 Å². The third-order valence-corrected chi connectivity index (χ3v) is 5.03. The lowest BCUT2D eigenvalue weighted by molar-refractivity contribution is -0.114. The van der Waals surface area contributed by atoms with E-state index in [-0.39, 0.29) is 11.3 Å². The van der Waals surface area contributed by atoms with Gasteiger partial charge in [0, 0.05) is 18.4 Å². The molecular weight excluding hydrogens is 358 g/mol. The number of benzene rings is 2. The second kappa shape index (κ2) is 7.92. The molecule has 0 aliphatic heterocycles. The van der Waals surface area contributed by atoms with Gasteiger partial charge in [-0.05, 0) is 45.2 Å². The molecule has 0 aliphatic rings. The molecule has 0 unspecified atom stereocenters. The monoisotopic (exact) mass is 381 g/mol. The minimum absolute atomic E-state index is 0.114. The summed E-state index contributed by atoms with van der Waals surface area (Å²) in [6.45, 7) is 8.11. The molecule has 0 aliphatic carbocycles. The molecule has 0 saturated carbocycles. The Balaban J connectivity index is 1.73. The third kappa shape index (κ3) is 4.95. The minimum atomic E-state index is -0.114. The van der Waals surface area contributed by atoms with Gasteiger partial charge < -0.3 is 5.32 Å². The van der Waals surface area contributed by atoms with Crippen LogP contribution in [0, 0.1) is 0 Å². The number of amides is 1. The van der Waals surface area contributed by atoms with E-state index in [2.05, 4.69) is 65.9 Å². The van der Waals surface area contributed by atoms with Gasteiger partial charge >= 0.3 is 0 Å². The van der Waals surface area contributed by atoms with E-state index in [1.165, 1.54) is 18.1 Å². The number of tetrazole rings is 1. The van der Waals surface area contributed by atoms with Crippen molar-refractivity contribution in [1.29, 1.82) is 0 Å². The SMILES string of the molecule is CC(=O)Nc1cccc(-n2nnnc2SCc2ccc(C(C)(C)C)cc2)c1. The van der Waals surface area contributed by atoms with Crippen molar-refractivity contribution in [3.8, 4) is 5.69 Å². The number of anilines is 1. The number of rotatable bonds is 5. The molecule has 2 aromatic carbocycles. The average Bonchev–Trinajstić information content (AvgIpc) is 3.08. The Morgan fingerprint density at radius 3 is 2.56 bits per heavy atom. The first-order valence-electron chi connectivity index (χ1n) is 8.71. The number of carbonyl (C=O) groups excluding carboxylic acids is 1. The number of aromatic nitrogens is 4. The first kappa shape index (κ1) is 19.1. The van der Waals surface area contributed by atoms with Gasteiger partial charge in [-0.15, -0.1) is 5.10 Å². The highest BCUT2D eigenvalue weighted by Gasteiger charge is 2.14. The van der Waals surface area contributed by atoms with Gasteiger partial charge in [0.1, 0.15) is 0 Å². The highest BCUT2D eigenvalue weighted by Crippen LogP contribution is 2.26. The Hall–Kier alpha value is -2.67. The predicted octanol–water partition coefficient (Wildman–Crippen LogP) is 4.21. The largest absolute Gasteiger partial charge is 0.326 e. The van der Waals surface area contributed by atoms with Gasteiger partial charge in [0.05, 0.1) is 5.69 Å². The Bertz CT molecular complexity index is 928. The summed E-state index contributed by atoms with van der Waals surface area (Å²) in [5, 5.41) is 15.5. The molecule has 0 atom stereocenters. The van der Waals surface area contributed by atoms with Crippen LogP contribution in [0.3, 0.4) is 0 Å². The molecule has 1 aromatic heterocycles. The molecule has 27 heavy (non-hydrogen) atoms. The van der Waals surface area contributed by atoms with E-state index in [0.717, 1.165) is 11.4 Å². The van der Waals surface area contributed by atoms with E-state index < -0.39 is 0 Å². The van der Waals surface area contributed by atoms with Crippen molar-refractivity contribution < 1.29 is 4.79 Å². The van der Waals surface area contributed by atoms with Crippen LogP contribution >= 0.6 is 11.8 Å². The normalized spacial score (nSPS) is 11.4. The zero-order chi connectivity index (χ0) is 19.4. The molecule has 7 heteroatoms. The molecular formula is C20H23N5OS. The summed E-state index contributed by atoms with van der Waals surface area (Å²) in [6, 6.07) is 16.1. The number of carbonyl (C=O) groups is 1. The average molecular weight is 382 g/mol. The highest BCUT2D eigenvalue weighted by atomic mass is 32.2. The van der Waals surface area contributed by atoms with Crippen LogP contribution in [0.2, 0.25) is 0 Å². The summed E-state index contributed by atoms with van der Waals surface area (Å²) in [5.74, 6) is 0.660. The van der Waals surface area contributed by atoms with Crippen LogP contribution in [-0.2, 0) is 16.0 Å². The van der Waals surface area contributed by atoms with Gasteiger partial charge in [0.2, 0.25) is 11.1 Å². The van der Waals surface area contributed by atoms with Crippen LogP contribution in [0.4, 0.5) is 5.69 Å². The van der Waals surface area contributed by atoms with E-state index in [4.69, 9.17) is 0 Å². The van der Waals surface area contributed by atoms with Crippen LogP contribution < -0.4 is 5.32 Å². The quantitative estimate of drug-likeness (QED) is 0.670. The van der Waals surface area contributed by atoms with Crippen molar-refractivity contribution in [2.75, 3.05) is 5.32 Å². The molecule has 0 spiro atoms. The third-order valence-electron chi connectivity index (χ3n) is 4.04. The zero-order valence-corrected chi connectivity index (χ0v) is 16.7. The maximum atomic E-state index is 11.3. The fourth-order valence-corrected chi connectivity index (χ4v) is 3.45. The zero-order valence-electron chi connectivity index (χ0n) is 15.9. The van der Waals surface area contributed by atoms with Crippen LogP contribution in [-0.4, -0.2) is 26.1 Å². The maximum absolute atomic E-state index is 11.3. The lowest BCUT2D eigenvalue weighted by Crippen LogP contribution is -2.10. The van der Waals surface area contributed by atoms with Crippen LogP contribution in [0.25, 0.3) is 5.69 Å². The van der Waals surface area contributed by atoms with Gasteiger partial charge in [0.25, 0.3) is 0 Å². The molecule has 140 valence electrons. The van der Waals surface area contributed by atoms with Gasteiger partial charge in [-0.3, -0.25) is 4.79 Å².